The van der Waals surface area contributed by atoms with Gasteiger partial charge >= 0.3 is 0 Å². The Bertz CT molecular complexity index is 239. The molecule has 0 bridgehead atoms. The van der Waals surface area contributed by atoms with Crippen molar-refractivity contribution in [2.75, 3.05) is 31.2 Å². The Hall–Kier alpha value is -0.260. The molecule has 2 saturated heterocycles. The summed E-state index contributed by atoms with van der Waals surface area (Å²) in [7, 11) is 0. The Labute approximate surface area is 107 Å². The molecule has 5 heteroatoms. The second-order valence-electron chi connectivity index (χ2n) is 4.74. The van der Waals surface area contributed by atoms with Crippen LogP contribution in [0, 0.1) is 0 Å². The summed E-state index contributed by atoms with van der Waals surface area (Å²) in [6.45, 7) is 2.24. The van der Waals surface area contributed by atoms with E-state index >= 15 is 0 Å². The van der Waals surface area contributed by atoms with E-state index in [1.807, 2.05) is 11.8 Å². The number of piperidine rings is 1. The Morgan fingerprint density at radius 2 is 2.18 bits per heavy atom. The lowest BCUT2D eigenvalue weighted by Gasteiger charge is -2.25. The maximum absolute atomic E-state index is 11.7. The predicted octanol–water partition coefficient (Wildman–Crippen LogP) is 0.767. The van der Waals surface area contributed by atoms with Crippen molar-refractivity contribution >= 4 is 17.7 Å². The Morgan fingerprint density at radius 1 is 1.35 bits per heavy atom. The molecule has 2 rings (SSSR count). The van der Waals surface area contributed by atoms with Gasteiger partial charge in [-0.05, 0) is 44.5 Å². The van der Waals surface area contributed by atoms with Gasteiger partial charge in [-0.15, -0.1) is 0 Å². The Balaban J connectivity index is 1.59. The first-order valence-electron chi connectivity index (χ1n) is 6.54. The maximum Gasteiger partial charge on any atom is 0.246 e. The van der Waals surface area contributed by atoms with Crippen molar-refractivity contribution in [3.63, 3.8) is 0 Å². The standard InChI is InChI=1S/C12H22N2O2S/c15-12(14-10-2-1-7-17-9-10)8-16-11-3-5-13-6-4-11/h10-11,13H,1-9H2,(H,14,15). The Morgan fingerprint density at radius 3 is 2.88 bits per heavy atom. The second kappa shape index (κ2) is 7.24. The van der Waals surface area contributed by atoms with E-state index in [0.29, 0.717) is 6.04 Å². The number of ether oxygens (including phenoxy) is 1. The van der Waals surface area contributed by atoms with Crippen LogP contribution in [0.15, 0.2) is 0 Å². The highest BCUT2D eigenvalue weighted by molar-refractivity contribution is 7.99. The van der Waals surface area contributed by atoms with Gasteiger partial charge in [0, 0.05) is 11.8 Å². The summed E-state index contributed by atoms with van der Waals surface area (Å²) in [4.78, 5) is 11.7. The largest absolute Gasteiger partial charge is 0.368 e. The van der Waals surface area contributed by atoms with Gasteiger partial charge in [-0.25, -0.2) is 0 Å². The van der Waals surface area contributed by atoms with E-state index in [2.05, 4.69) is 10.6 Å². The fourth-order valence-electron chi connectivity index (χ4n) is 2.28. The number of amides is 1. The predicted molar refractivity (Wildman–Crippen MR) is 70.3 cm³/mol. The molecule has 17 heavy (non-hydrogen) atoms. The van der Waals surface area contributed by atoms with Crippen molar-refractivity contribution in [2.45, 2.75) is 37.8 Å². The summed E-state index contributed by atoms with van der Waals surface area (Å²) in [5.41, 5.74) is 0. The van der Waals surface area contributed by atoms with Gasteiger partial charge in [-0.3, -0.25) is 4.79 Å². The first-order valence-corrected chi connectivity index (χ1v) is 7.69. The van der Waals surface area contributed by atoms with Crippen LogP contribution in [0.3, 0.4) is 0 Å². The van der Waals surface area contributed by atoms with Crippen molar-refractivity contribution in [3.05, 3.63) is 0 Å². The summed E-state index contributed by atoms with van der Waals surface area (Å²) in [6, 6.07) is 0.359. The topological polar surface area (TPSA) is 50.4 Å². The normalized spacial score (nSPS) is 26.7. The van der Waals surface area contributed by atoms with E-state index in [-0.39, 0.29) is 18.6 Å². The molecule has 0 aromatic heterocycles. The lowest BCUT2D eigenvalue weighted by atomic mass is 10.1. The highest BCUT2D eigenvalue weighted by Gasteiger charge is 2.18. The first-order chi connectivity index (χ1) is 8.34. The lowest BCUT2D eigenvalue weighted by Crippen LogP contribution is -2.41. The summed E-state index contributed by atoms with van der Waals surface area (Å²) in [5.74, 6) is 2.34. The fourth-order valence-corrected chi connectivity index (χ4v) is 3.35. The monoisotopic (exact) mass is 258 g/mol. The highest BCUT2D eigenvalue weighted by Crippen LogP contribution is 2.16. The summed E-state index contributed by atoms with van der Waals surface area (Å²) >= 11 is 1.93. The average Bonchev–Trinajstić information content (AvgIpc) is 2.39. The molecule has 4 nitrogen and oxygen atoms in total. The van der Waals surface area contributed by atoms with Gasteiger partial charge in [0.05, 0.1) is 6.10 Å². The van der Waals surface area contributed by atoms with E-state index in [0.717, 1.165) is 38.1 Å². The van der Waals surface area contributed by atoms with Crippen LogP contribution in [0.25, 0.3) is 0 Å². The summed E-state index contributed by atoms with van der Waals surface area (Å²) in [6.07, 6.45) is 4.64. The molecule has 1 amide bonds. The minimum absolute atomic E-state index is 0.0519. The van der Waals surface area contributed by atoms with Crippen LogP contribution in [-0.2, 0) is 9.53 Å². The van der Waals surface area contributed by atoms with Crippen molar-refractivity contribution in [2.24, 2.45) is 0 Å². The van der Waals surface area contributed by atoms with Crippen molar-refractivity contribution < 1.29 is 9.53 Å². The summed E-state index contributed by atoms with van der Waals surface area (Å²) in [5, 5.41) is 6.34. The van der Waals surface area contributed by atoms with Crippen molar-refractivity contribution in [1.82, 2.24) is 10.6 Å². The van der Waals surface area contributed by atoms with Crippen molar-refractivity contribution in [1.29, 1.82) is 0 Å². The van der Waals surface area contributed by atoms with Gasteiger partial charge < -0.3 is 15.4 Å². The third kappa shape index (κ3) is 4.85. The zero-order chi connectivity index (χ0) is 11.9. The third-order valence-corrected chi connectivity index (χ3v) is 4.48. The molecule has 2 aliphatic rings. The molecule has 98 valence electrons. The van der Waals surface area contributed by atoms with E-state index < -0.39 is 0 Å². The van der Waals surface area contributed by atoms with E-state index in [1.165, 1.54) is 12.2 Å². The zero-order valence-corrected chi connectivity index (χ0v) is 11.1. The van der Waals surface area contributed by atoms with Gasteiger partial charge in [0.15, 0.2) is 0 Å². The molecule has 0 aromatic carbocycles. The van der Waals surface area contributed by atoms with Crippen LogP contribution in [0.5, 0.6) is 0 Å². The second-order valence-corrected chi connectivity index (χ2v) is 5.89. The quantitative estimate of drug-likeness (QED) is 0.782. The lowest BCUT2D eigenvalue weighted by molar-refractivity contribution is -0.128. The average molecular weight is 258 g/mol. The maximum atomic E-state index is 11.7. The minimum atomic E-state index is 0.0519. The van der Waals surface area contributed by atoms with Crippen LogP contribution < -0.4 is 10.6 Å². The first kappa shape index (κ1) is 13.2. The number of rotatable bonds is 4. The molecule has 0 spiro atoms. The van der Waals surface area contributed by atoms with Crippen LogP contribution >= 0.6 is 11.8 Å². The van der Waals surface area contributed by atoms with Crippen LogP contribution in [0.4, 0.5) is 0 Å². The molecule has 2 N–H and O–H groups in total. The van der Waals surface area contributed by atoms with E-state index in [9.17, 15) is 4.79 Å². The van der Waals surface area contributed by atoms with Gasteiger partial charge in [0.1, 0.15) is 6.61 Å². The number of carbonyl (C=O) groups is 1. The van der Waals surface area contributed by atoms with Gasteiger partial charge in [-0.1, -0.05) is 0 Å². The molecule has 0 radical (unpaired) electrons. The molecule has 0 aromatic rings. The molecule has 2 heterocycles. The smallest absolute Gasteiger partial charge is 0.246 e. The van der Waals surface area contributed by atoms with Crippen LogP contribution in [0.1, 0.15) is 25.7 Å². The Kier molecular flexibility index (Phi) is 5.61. The number of hydrogen-bond acceptors (Lipinski definition) is 4. The number of carbonyl (C=O) groups excluding carboxylic acids is 1. The van der Waals surface area contributed by atoms with Crippen molar-refractivity contribution in [3.8, 4) is 0 Å². The highest BCUT2D eigenvalue weighted by atomic mass is 32.2. The molecule has 2 aliphatic heterocycles. The molecular weight excluding hydrogens is 236 g/mol. The number of hydrogen-bond donors (Lipinski definition) is 2. The molecule has 0 saturated carbocycles. The number of nitrogens with one attached hydrogen (secondary N) is 2. The van der Waals surface area contributed by atoms with Crippen LogP contribution in [0.2, 0.25) is 0 Å². The minimum Gasteiger partial charge on any atom is -0.368 e. The van der Waals surface area contributed by atoms with E-state index in [4.69, 9.17) is 4.74 Å². The molecule has 2 fully saturated rings. The third-order valence-electron chi connectivity index (χ3n) is 3.26. The summed E-state index contributed by atoms with van der Waals surface area (Å²) < 4.78 is 5.63. The van der Waals surface area contributed by atoms with Gasteiger partial charge in [0.25, 0.3) is 0 Å². The zero-order valence-electron chi connectivity index (χ0n) is 10.2. The van der Waals surface area contributed by atoms with Gasteiger partial charge in [0.2, 0.25) is 5.91 Å². The molecular formula is C12H22N2O2S. The van der Waals surface area contributed by atoms with Crippen LogP contribution in [-0.4, -0.2) is 49.3 Å². The fraction of sp³-hybridized carbons (Fsp3) is 0.917. The molecule has 0 aliphatic carbocycles. The van der Waals surface area contributed by atoms with Gasteiger partial charge in [-0.2, -0.15) is 11.8 Å². The molecule has 1 unspecified atom stereocenters. The molecule has 1 atom stereocenters. The van der Waals surface area contributed by atoms with E-state index in [1.54, 1.807) is 0 Å². The SMILES string of the molecule is O=C(COC1CCNCC1)NC1CCCSC1. The number of thioether (sulfide) groups is 1.